The van der Waals surface area contributed by atoms with Crippen LogP contribution < -0.4 is 0 Å². The van der Waals surface area contributed by atoms with Crippen molar-refractivity contribution >= 4 is 23.9 Å². The van der Waals surface area contributed by atoms with E-state index >= 15 is 0 Å². The SMILES string of the molecule is C.C.C.C=CCC(C)(C)C(=O)OC(C)(C)C.CC(C)(C)OC(=O)C(C)(C)CC(=O)O.CC(C)C(=O)OC(C)(C)C. The van der Waals surface area contributed by atoms with E-state index in [9.17, 15) is 19.2 Å². The number of ether oxygens (including phenoxy) is 3. The van der Waals surface area contributed by atoms with E-state index in [0.29, 0.717) is 6.42 Å². The van der Waals surface area contributed by atoms with Gasteiger partial charge in [0.1, 0.15) is 16.8 Å². The minimum atomic E-state index is -0.999. The van der Waals surface area contributed by atoms with Crippen LogP contribution in [0.1, 0.15) is 139 Å². The van der Waals surface area contributed by atoms with Gasteiger partial charge in [0.25, 0.3) is 0 Å². The molecule has 0 rings (SSSR count). The zero-order valence-electron chi connectivity index (χ0n) is 26.1. The van der Waals surface area contributed by atoms with Gasteiger partial charge in [-0.2, -0.15) is 0 Å². The molecule has 0 amide bonds. The Labute approximate surface area is 247 Å². The molecule has 0 heterocycles. The Hall–Kier alpha value is -2.38. The average molecular weight is 579 g/mol. The summed E-state index contributed by atoms with van der Waals surface area (Å²) in [6.07, 6.45) is 2.16. The number of aliphatic carboxylic acids is 1. The number of rotatable bonds is 7. The Morgan fingerprint density at radius 3 is 1.15 bits per heavy atom. The second-order valence-electron chi connectivity index (χ2n) is 13.5. The van der Waals surface area contributed by atoms with Crippen molar-refractivity contribution in [3.05, 3.63) is 12.7 Å². The van der Waals surface area contributed by atoms with Crippen molar-refractivity contribution in [1.29, 1.82) is 0 Å². The van der Waals surface area contributed by atoms with Crippen LogP contribution in [-0.2, 0) is 33.4 Å². The number of carbonyl (C=O) groups is 4. The van der Waals surface area contributed by atoms with Gasteiger partial charge in [-0.15, -0.1) is 6.58 Å². The Morgan fingerprint density at radius 1 is 0.650 bits per heavy atom. The maximum absolute atomic E-state index is 11.6. The molecule has 242 valence electrons. The molecule has 1 N–H and O–H groups in total. The summed E-state index contributed by atoms with van der Waals surface area (Å²) >= 11 is 0. The molecule has 0 saturated heterocycles. The zero-order chi connectivity index (χ0) is 30.6. The van der Waals surface area contributed by atoms with E-state index in [1.165, 1.54) is 0 Å². The van der Waals surface area contributed by atoms with Crippen LogP contribution in [0.2, 0.25) is 0 Å². The van der Waals surface area contributed by atoms with Gasteiger partial charge < -0.3 is 19.3 Å². The predicted octanol–water partition coefficient (Wildman–Crippen LogP) is 8.65. The molecular weight excluding hydrogens is 512 g/mol. The van der Waals surface area contributed by atoms with E-state index < -0.39 is 34.0 Å². The topological polar surface area (TPSA) is 116 Å². The molecule has 0 unspecified atom stereocenters. The van der Waals surface area contributed by atoms with Crippen molar-refractivity contribution in [2.24, 2.45) is 16.7 Å². The summed E-state index contributed by atoms with van der Waals surface area (Å²) in [5.74, 6) is -1.81. The van der Waals surface area contributed by atoms with Crippen molar-refractivity contribution in [2.75, 3.05) is 0 Å². The number of carboxylic acid groups (broad SMARTS) is 1. The lowest BCUT2D eigenvalue weighted by Gasteiger charge is -2.27. The van der Waals surface area contributed by atoms with Gasteiger partial charge in [-0.05, 0) is 96.4 Å². The lowest BCUT2D eigenvalue weighted by atomic mass is 9.89. The number of esters is 3. The summed E-state index contributed by atoms with van der Waals surface area (Å²) in [5, 5.41) is 8.59. The molecule has 0 aliphatic carbocycles. The largest absolute Gasteiger partial charge is 0.481 e. The lowest BCUT2D eigenvalue weighted by molar-refractivity contribution is -0.169. The third kappa shape index (κ3) is 30.2. The van der Waals surface area contributed by atoms with Gasteiger partial charge in [-0.25, -0.2) is 0 Å². The standard InChI is InChI=1S/C11H20O2.C10H18O4.C8H16O2.3CH4/c1-7-8-11(5,6)9(12)13-10(2,3)4;1-9(2,3)14-8(13)10(4,5)6-7(11)12;1-6(2)7(9)10-8(3,4)5;;;/h7H,1,8H2,2-6H3;6H2,1-5H3,(H,11,12);6H,1-5H3;3*1H4. The number of allylic oxidation sites excluding steroid dienone is 1. The molecule has 0 bridgehead atoms. The van der Waals surface area contributed by atoms with Crippen LogP contribution in [0.3, 0.4) is 0 Å². The van der Waals surface area contributed by atoms with E-state index in [2.05, 4.69) is 6.58 Å². The summed E-state index contributed by atoms with van der Waals surface area (Å²) in [6, 6.07) is 0. The molecule has 8 nitrogen and oxygen atoms in total. The monoisotopic (exact) mass is 578 g/mol. The van der Waals surface area contributed by atoms with Crippen molar-refractivity contribution in [3.63, 3.8) is 0 Å². The van der Waals surface area contributed by atoms with E-state index in [4.69, 9.17) is 19.3 Å². The summed E-state index contributed by atoms with van der Waals surface area (Å²) in [6.45, 7) is 30.6. The average Bonchev–Trinajstić information content (AvgIpc) is 2.57. The number of carboxylic acids is 1. The highest BCUT2D eigenvalue weighted by atomic mass is 16.6. The van der Waals surface area contributed by atoms with Crippen LogP contribution in [0.5, 0.6) is 0 Å². The van der Waals surface area contributed by atoms with Gasteiger partial charge in [-0.1, -0.05) is 42.2 Å². The number of hydrogen-bond acceptors (Lipinski definition) is 7. The fraction of sp³-hybridized carbons (Fsp3) is 0.812. The molecule has 0 aliphatic heterocycles. The van der Waals surface area contributed by atoms with Crippen LogP contribution in [0.4, 0.5) is 0 Å². The van der Waals surface area contributed by atoms with Gasteiger partial charge in [0.2, 0.25) is 0 Å². The molecule has 0 saturated carbocycles. The Balaban J connectivity index is -0.000000106. The van der Waals surface area contributed by atoms with Gasteiger partial charge in [0.15, 0.2) is 0 Å². The Bertz CT molecular complexity index is 755. The normalized spacial score (nSPS) is 11.3. The van der Waals surface area contributed by atoms with Gasteiger partial charge in [0.05, 0.1) is 23.2 Å². The first-order chi connectivity index (χ1) is 16.1. The second kappa shape index (κ2) is 19.7. The van der Waals surface area contributed by atoms with Gasteiger partial charge in [-0.3, -0.25) is 19.2 Å². The molecule has 0 fully saturated rings. The third-order valence-corrected chi connectivity index (χ3v) is 4.03. The molecule has 0 aromatic rings. The van der Waals surface area contributed by atoms with Crippen molar-refractivity contribution in [3.8, 4) is 0 Å². The molecule has 0 spiro atoms. The first-order valence-corrected chi connectivity index (χ1v) is 12.6. The quantitative estimate of drug-likeness (QED) is 0.181. The smallest absolute Gasteiger partial charge is 0.312 e. The van der Waals surface area contributed by atoms with Crippen LogP contribution in [0, 0.1) is 16.7 Å². The van der Waals surface area contributed by atoms with Crippen molar-refractivity contribution in [1.82, 2.24) is 0 Å². The first kappa shape index (κ1) is 50.5. The van der Waals surface area contributed by atoms with E-state index in [-0.39, 0.29) is 52.2 Å². The second-order valence-corrected chi connectivity index (χ2v) is 13.5. The molecular formula is C32H66O8. The van der Waals surface area contributed by atoms with Gasteiger partial charge in [0, 0.05) is 0 Å². The predicted molar refractivity (Wildman–Crippen MR) is 167 cm³/mol. The summed E-state index contributed by atoms with van der Waals surface area (Å²) in [7, 11) is 0. The van der Waals surface area contributed by atoms with E-state index in [0.717, 1.165) is 0 Å². The Morgan fingerprint density at radius 2 is 0.950 bits per heavy atom. The maximum atomic E-state index is 11.6. The minimum absolute atomic E-state index is 0. The third-order valence-electron chi connectivity index (χ3n) is 4.03. The molecule has 0 aliphatic rings. The summed E-state index contributed by atoms with van der Waals surface area (Å²) in [4.78, 5) is 44.5. The summed E-state index contributed by atoms with van der Waals surface area (Å²) in [5.41, 5.74) is -2.77. The molecule has 40 heavy (non-hydrogen) atoms. The lowest BCUT2D eigenvalue weighted by Crippen LogP contribution is -2.35. The fourth-order valence-corrected chi connectivity index (χ4v) is 2.15. The van der Waals surface area contributed by atoms with Crippen LogP contribution in [0.25, 0.3) is 0 Å². The van der Waals surface area contributed by atoms with Gasteiger partial charge >= 0.3 is 23.9 Å². The molecule has 0 aromatic carbocycles. The van der Waals surface area contributed by atoms with E-state index in [1.54, 1.807) is 40.7 Å². The van der Waals surface area contributed by atoms with Crippen molar-refractivity contribution < 1.29 is 38.5 Å². The maximum Gasteiger partial charge on any atom is 0.312 e. The fourth-order valence-electron chi connectivity index (χ4n) is 2.15. The van der Waals surface area contributed by atoms with Crippen LogP contribution in [0.15, 0.2) is 12.7 Å². The minimum Gasteiger partial charge on any atom is -0.481 e. The highest BCUT2D eigenvalue weighted by Crippen LogP contribution is 2.26. The van der Waals surface area contributed by atoms with Crippen molar-refractivity contribution in [2.45, 2.75) is 156 Å². The molecule has 0 aromatic heterocycles. The molecule has 8 heteroatoms. The Kier molecular flexibility index (Phi) is 24.8. The first-order valence-electron chi connectivity index (χ1n) is 12.6. The van der Waals surface area contributed by atoms with E-state index in [1.807, 2.05) is 69.2 Å². The highest BCUT2D eigenvalue weighted by molar-refractivity contribution is 5.82. The highest BCUT2D eigenvalue weighted by Gasteiger charge is 2.34. The summed E-state index contributed by atoms with van der Waals surface area (Å²) < 4.78 is 15.4. The number of hydrogen-bond donors (Lipinski definition) is 1. The number of carbonyl (C=O) groups excluding carboxylic acids is 3. The molecule has 0 atom stereocenters. The molecule has 0 radical (unpaired) electrons. The van der Waals surface area contributed by atoms with Crippen LogP contribution in [-0.4, -0.2) is 45.8 Å². The van der Waals surface area contributed by atoms with Crippen LogP contribution >= 0.6 is 0 Å². The zero-order valence-corrected chi connectivity index (χ0v) is 26.1.